The van der Waals surface area contributed by atoms with E-state index in [9.17, 15) is 9.59 Å². The molecule has 2 aromatic rings. The number of anilines is 2. The van der Waals surface area contributed by atoms with Crippen LogP contribution < -0.4 is 10.6 Å². The van der Waals surface area contributed by atoms with Crippen LogP contribution in [0, 0.1) is 0 Å². The fourth-order valence-corrected chi connectivity index (χ4v) is 2.35. The molecule has 0 aliphatic carbocycles. The Morgan fingerprint density at radius 2 is 1.78 bits per heavy atom. The molecule has 0 aromatic heterocycles. The van der Waals surface area contributed by atoms with Crippen LogP contribution in [0.2, 0.25) is 0 Å². The molecule has 2 aromatic carbocycles. The van der Waals surface area contributed by atoms with Crippen molar-refractivity contribution in [1.29, 1.82) is 0 Å². The third kappa shape index (κ3) is 5.03. The average molecular weight is 330 g/mol. The molecule has 0 bridgehead atoms. The normalized spacial score (nSPS) is 10.0. The monoisotopic (exact) mass is 330 g/mol. The van der Waals surface area contributed by atoms with Gasteiger partial charge in [-0.15, -0.1) is 11.8 Å². The van der Waals surface area contributed by atoms with E-state index in [4.69, 9.17) is 4.74 Å². The highest BCUT2D eigenvalue weighted by atomic mass is 32.2. The Balaban J connectivity index is 2.01. The number of ether oxygens (including phenoxy) is 1. The van der Waals surface area contributed by atoms with Gasteiger partial charge in [0.2, 0.25) is 0 Å². The predicted molar refractivity (Wildman–Crippen MR) is 93.3 cm³/mol. The van der Waals surface area contributed by atoms with Gasteiger partial charge in [-0.2, -0.15) is 0 Å². The van der Waals surface area contributed by atoms with Gasteiger partial charge in [-0.1, -0.05) is 6.07 Å². The summed E-state index contributed by atoms with van der Waals surface area (Å²) in [5, 5.41) is 5.43. The number of benzene rings is 2. The molecule has 0 saturated carbocycles. The molecule has 2 N–H and O–H groups in total. The molecular weight excluding hydrogens is 312 g/mol. The molecule has 0 spiro atoms. The van der Waals surface area contributed by atoms with Gasteiger partial charge in [-0.05, 0) is 55.6 Å². The summed E-state index contributed by atoms with van der Waals surface area (Å²) in [5.74, 6) is -0.203. The Labute approximate surface area is 139 Å². The standard InChI is InChI=1S/C17H18N2O3S/c1-3-22-17(21)19-13-9-7-12(8-10-13)16(20)18-14-5-4-6-15(11-14)23-2/h4-11H,3H2,1-2H3,(H,18,20)(H,19,21). The third-order valence-electron chi connectivity index (χ3n) is 3.00. The van der Waals surface area contributed by atoms with Crippen LogP contribution in [-0.2, 0) is 4.74 Å². The van der Waals surface area contributed by atoms with E-state index in [0.29, 0.717) is 17.9 Å². The minimum atomic E-state index is -0.515. The van der Waals surface area contributed by atoms with E-state index in [1.807, 2.05) is 30.5 Å². The van der Waals surface area contributed by atoms with Gasteiger partial charge in [0.05, 0.1) is 6.61 Å². The quantitative estimate of drug-likeness (QED) is 0.805. The summed E-state index contributed by atoms with van der Waals surface area (Å²) < 4.78 is 4.79. The van der Waals surface area contributed by atoms with Crippen LogP contribution in [0.5, 0.6) is 0 Å². The van der Waals surface area contributed by atoms with E-state index in [0.717, 1.165) is 10.6 Å². The Bertz CT molecular complexity index is 686. The van der Waals surface area contributed by atoms with E-state index in [2.05, 4.69) is 10.6 Å². The van der Waals surface area contributed by atoms with Gasteiger partial charge >= 0.3 is 6.09 Å². The maximum Gasteiger partial charge on any atom is 0.411 e. The molecule has 120 valence electrons. The summed E-state index contributed by atoms with van der Waals surface area (Å²) >= 11 is 1.61. The molecule has 0 radical (unpaired) electrons. The largest absolute Gasteiger partial charge is 0.450 e. The predicted octanol–water partition coefficient (Wildman–Crippen LogP) is 4.23. The number of carbonyl (C=O) groups excluding carboxylic acids is 2. The fraction of sp³-hybridized carbons (Fsp3) is 0.176. The van der Waals surface area contributed by atoms with E-state index in [1.165, 1.54) is 0 Å². The number of rotatable bonds is 5. The van der Waals surface area contributed by atoms with E-state index in [1.54, 1.807) is 43.0 Å². The highest BCUT2D eigenvalue weighted by Gasteiger charge is 2.07. The minimum Gasteiger partial charge on any atom is -0.450 e. The summed E-state index contributed by atoms with van der Waals surface area (Å²) in [6.45, 7) is 2.04. The van der Waals surface area contributed by atoms with Crippen molar-refractivity contribution in [2.45, 2.75) is 11.8 Å². The van der Waals surface area contributed by atoms with Gasteiger partial charge in [0, 0.05) is 21.8 Å². The van der Waals surface area contributed by atoms with Crippen molar-refractivity contribution in [3.8, 4) is 0 Å². The van der Waals surface area contributed by atoms with Crippen LogP contribution in [0.15, 0.2) is 53.4 Å². The van der Waals surface area contributed by atoms with Crippen LogP contribution in [0.1, 0.15) is 17.3 Å². The molecule has 0 atom stereocenters. The molecule has 2 rings (SSSR count). The lowest BCUT2D eigenvalue weighted by Gasteiger charge is -2.08. The number of amides is 2. The van der Waals surface area contributed by atoms with Gasteiger partial charge < -0.3 is 10.1 Å². The lowest BCUT2D eigenvalue weighted by atomic mass is 10.2. The molecule has 5 nitrogen and oxygen atoms in total. The molecule has 2 amide bonds. The molecule has 0 aliphatic heterocycles. The fourth-order valence-electron chi connectivity index (χ4n) is 1.89. The molecule has 0 fully saturated rings. The topological polar surface area (TPSA) is 67.4 Å². The maximum absolute atomic E-state index is 12.2. The van der Waals surface area contributed by atoms with Crippen LogP contribution in [0.3, 0.4) is 0 Å². The summed E-state index contributed by atoms with van der Waals surface area (Å²) in [5.41, 5.74) is 1.83. The van der Waals surface area contributed by atoms with Gasteiger partial charge in [0.15, 0.2) is 0 Å². The van der Waals surface area contributed by atoms with Crippen molar-refractivity contribution in [2.75, 3.05) is 23.5 Å². The zero-order valence-corrected chi connectivity index (χ0v) is 13.8. The highest BCUT2D eigenvalue weighted by Crippen LogP contribution is 2.19. The number of carbonyl (C=O) groups is 2. The van der Waals surface area contributed by atoms with E-state index >= 15 is 0 Å². The minimum absolute atomic E-state index is 0.203. The van der Waals surface area contributed by atoms with Gasteiger partial charge in [0.1, 0.15) is 0 Å². The molecule has 23 heavy (non-hydrogen) atoms. The van der Waals surface area contributed by atoms with Crippen molar-refractivity contribution >= 4 is 35.1 Å². The number of thioether (sulfide) groups is 1. The second-order valence-electron chi connectivity index (χ2n) is 4.61. The first-order valence-electron chi connectivity index (χ1n) is 7.11. The van der Waals surface area contributed by atoms with Crippen LogP contribution in [-0.4, -0.2) is 24.9 Å². The SMILES string of the molecule is CCOC(=O)Nc1ccc(C(=O)Nc2cccc(SC)c2)cc1. The zero-order chi connectivity index (χ0) is 16.7. The van der Waals surface area contributed by atoms with Crippen molar-refractivity contribution in [1.82, 2.24) is 0 Å². The van der Waals surface area contributed by atoms with E-state index < -0.39 is 6.09 Å². The Hall–Kier alpha value is -2.47. The van der Waals surface area contributed by atoms with Gasteiger partial charge in [-0.3, -0.25) is 10.1 Å². The number of hydrogen-bond acceptors (Lipinski definition) is 4. The highest BCUT2D eigenvalue weighted by molar-refractivity contribution is 7.98. The van der Waals surface area contributed by atoms with Crippen molar-refractivity contribution in [3.63, 3.8) is 0 Å². The van der Waals surface area contributed by atoms with Crippen molar-refractivity contribution in [2.24, 2.45) is 0 Å². The van der Waals surface area contributed by atoms with Gasteiger partial charge in [0.25, 0.3) is 5.91 Å². The Morgan fingerprint density at radius 3 is 2.43 bits per heavy atom. The first-order chi connectivity index (χ1) is 11.1. The first kappa shape index (κ1) is 16.9. The van der Waals surface area contributed by atoms with Crippen LogP contribution >= 0.6 is 11.8 Å². The summed E-state index contributed by atoms with van der Waals surface area (Å²) in [6.07, 6.45) is 1.47. The van der Waals surface area contributed by atoms with Crippen LogP contribution in [0.25, 0.3) is 0 Å². The van der Waals surface area contributed by atoms with Gasteiger partial charge in [-0.25, -0.2) is 4.79 Å². The lowest BCUT2D eigenvalue weighted by Crippen LogP contribution is -2.14. The summed E-state index contributed by atoms with van der Waals surface area (Å²) in [7, 11) is 0. The lowest BCUT2D eigenvalue weighted by molar-refractivity contribution is 0.102. The van der Waals surface area contributed by atoms with Crippen molar-refractivity contribution in [3.05, 3.63) is 54.1 Å². The maximum atomic E-state index is 12.2. The third-order valence-corrected chi connectivity index (χ3v) is 3.72. The number of hydrogen-bond donors (Lipinski definition) is 2. The second-order valence-corrected chi connectivity index (χ2v) is 5.49. The second kappa shape index (κ2) is 8.24. The smallest absolute Gasteiger partial charge is 0.411 e. The zero-order valence-electron chi connectivity index (χ0n) is 13.0. The Kier molecular flexibility index (Phi) is 6.05. The molecule has 0 unspecified atom stereocenters. The average Bonchev–Trinajstić information content (AvgIpc) is 2.56. The molecule has 0 saturated heterocycles. The summed E-state index contributed by atoms with van der Waals surface area (Å²) in [6, 6.07) is 14.2. The van der Waals surface area contributed by atoms with E-state index in [-0.39, 0.29) is 5.91 Å². The first-order valence-corrected chi connectivity index (χ1v) is 8.34. The van der Waals surface area contributed by atoms with Crippen LogP contribution in [0.4, 0.5) is 16.2 Å². The molecule has 0 aliphatic rings. The molecule has 6 heteroatoms. The summed E-state index contributed by atoms with van der Waals surface area (Å²) in [4.78, 5) is 24.6. The Morgan fingerprint density at radius 1 is 1.04 bits per heavy atom. The molecule has 0 heterocycles. The molecular formula is C17H18N2O3S. The number of nitrogens with one attached hydrogen (secondary N) is 2. The van der Waals surface area contributed by atoms with Crippen molar-refractivity contribution < 1.29 is 14.3 Å².